The zero-order chi connectivity index (χ0) is 25.1. The van der Waals surface area contributed by atoms with Crippen molar-refractivity contribution in [2.24, 2.45) is 0 Å². The summed E-state index contributed by atoms with van der Waals surface area (Å²) in [5, 5.41) is 1.65. The monoisotopic (exact) mass is 503 g/mol. The van der Waals surface area contributed by atoms with Gasteiger partial charge < -0.3 is 4.90 Å². The molecule has 35 heavy (non-hydrogen) atoms. The molecular weight excluding hydrogens is 482 g/mol. The van der Waals surface area contributed by atoms with Gasteiger partial charge in [0.2, 0.25) is 0 Å². The van der Waals surface area contributed by atoms with E-state index in [4.69, 9.17) is 0 Å². The highest BCUT2D eigenvalue weighted by molar-refractivity contribution is 7.98. The predicted octanol–water partition coefficient (Wildman–Crippen LogP) is 4.99. The maximum atomic E-state index is 14.2. The van der Waals surface area contributed by atoms with E-state index in [9.17, 15) is 27.2 Å². The van der Waals surface area contributed by atoms with E-state index in [0.717, 1.165) is 23.0 Å². The lowest BCUT2D eigenvalue weighted by molar-refractivity contribution is -0.173. The van der Waals surface area contributed by atoms with Crippen LogP contribution in [-0.2, 0) is 5.75 Å². The molecule has 5 nitrogen and oxygen atoms in total. The zero-order valence-corrected chi connectivity index (χ0v) is 19.7. The van der Waals surface area contributed by atoms with Crippen molar-refractivity contribution in [2.45, 2.75) is 42.8 Å². The molecule has 5 rings (SSSR count). The summed E-state index contributed by atoms with van der Waals surface area (Å²) in [4.78, 5) is 27.1. The van der Waals surface area contributed by atoms with Crippen molar-refractivity contribution < 1.29 is 22.4 Å². The lowest BCUT2D eigenvalue weighted by atomic mass is 9.94. The molecule has 3 heterocycles. The van der Waals surface area contributed by atoms with Gasteiger partial charge >= 0.3 is 6.18 Å². The summed E-state index contributed by atoms with van der Waals surface area (Å²) in [6.45, 7) is 1.99. The molecule has 0 radical (unpaired) electrons. The molecule has 2 aromatic carbocycles. The standard InChI is InChI=1S/C25H21F4N3O2S/c1-14-20(33)9-10-31-22(14)24(34)30(15(2)25(27,28)29)13-32(31)23-18-6-4-3-5-16(18)12-35-21-11-17(26)7-8-19(21)23/h3-11,15,23H,12-13H2,1-2H3/t15-,23?/m1/s1. The summed E-state index contributed by atoms with van der Waals surface area (Å²) < 4.78 is 57.0. The van der Waals surface area contributed by atoms with Crippen LogP contribution in [0.2, 0.25) is 0 Å². The molecular formula is C25H21F4N3O2S. The van der Waals surface area contributed by atoms with E-state index in [0.29, 0.717) is 16.2 Å². The number of thioether (sulfide) groups is 1. The quantitative estimate of drug-likeness (QED) is 0.462. The first kappa shape index (κ1) is 23.5. The molecule has 0 spiro atoms. The number of carbonyl (C=O) groups excluding carboxylic acids is 1. The van der Waals surface area contributed by atoms with Crippen LogP contribution in [0.4, 0.5) is 17.6 Å². The fourth-order valence-corrected chi connectivity index (χ4v) is 5.76. The fourth-order valence-electron chi connectivity index (χ4n) is 4.64. The van der Waals surface area contributed by atoms with Gasteiger partial charge in [0, 0.05) is 28.5 Å². The van der Waals surface area contributed by atoms with Gasteiger partial charge in [-0.1, -0.05) is 30.3 Å². The predicted molar refractivity (Wildman–Crippen MR) is 124 cm³/mol. The van der Waals surface area contributed by atoms with Crippen LogP contribution in [0.5, 0.6) is 0 Å². The molecule has 10 heteroatoms. The smallest absolute Gasteiger partial charge is 0.306 e. The number of nitrogens with zero attached hydrogens (tertiary/aromatic N) is 3. The van der Waals surface area contributed by atoms with Gasteiger partial charge in [0.05, 0.1) is 6.04 Å². The number of rotatable bonds is 2. The average Bonchev–Trinajstić information content (AvgIpc) is 2.97. The number of amides is 1. The molecule has 0 fully saturated rings. The summed E-state index contributed by atoms with van der Waals surface area (Å²) in [6, 6.07) is 10.5. The number of benzene rings is 2. The molecule has 0 saturated heterocycles. The highest BCUT2D eigenvalue weighted by Gasteiger charge is 2.47. The highest BCUT2D eigenvalue weighted by atomic mass is 32.2. The summed E-state index contributed by atoms with van der Waals surface area (Å²) >= 11 is 1.45. The lowest BCUT2D eigenvalue weighted by Crippen LogP contribution is -2.60. The number of carbonyl (C=O) groups is 1. The molecule has 0 aliphatic carbocycles. The maximum Gasteiger partial charge on any atom is 0.408 e. The number of hydrogen-bond donors (Lipinski definition) is 0. The van der Waals surface area contributed by atoms with Crippen LogP contribution in [-0.4, -0.2) is 34.4 Å². The van der Waals surface area contributed by atoms with Gasteiger partial charge in [-0.15, -0.1) is 11.8 Å². The number of halogens is 4. The van der Waals surface area contributed by atoms with Gasteiger partial charge in [0.1, 0.15) is 24.2 Å². The van der Waals surface area contributed by atoms with Crippen LogP contribution in [0.15, 0.2) is 64.4 Å². The van der Waals surface area contributed by atoms with Crippen molar-refractivity contribution in [1.29, 1.82) is 0 Å². The minimum Gasteiger partial charge on any atom is -0.306 e. The molecule has 2 atom stereocenters. The Morgan fingerprint density at radius 3 is 2.54 bits per heavy atom. The van der Waals surface area contributed by atoms with Gasteiger partial charge in [0.15, 0.2) is 5.43 Å². The summed E-state index contributed by atoms with van der Waals surface area (Å²) in [5.41, 5.74) is 2.01. The third-order valence-electron chi connectivity index (χ3n) is 6.60. The maximum absolute atomic E-state index is 14.2. The second kappa shape index (κ2) is 8.44. The molecule has 1 amide bonds. The number of fused-ring (bicyclic) bond motifs is 3. The Balaban J connectivity index is 1.78. The Hall–Kier alpha value is -3.27. The van der Waals surface area contributed by atoms with E-state index < -0.39 is 35.4 Å². The minimum atomic E-state index is -4.66. The topological polar surface area (TPSA) is 45.6 Å². The Morgan fingerprint density at radius 2 is 1.80 bits per heavy atom. The van der Waals surface area contributed by atoms with Crippen LogP contribution < -0.4 is 10.4 Å². The normalized spacial score (nSPS) is 18.5. The van der Waals surface area contributed by atoms with Gasteiger partial charge in [0.25, 0.3) is 5.91 Å². The van der Waals surface area contributed by atoms with Crippen molar-refractivity contribution in [1.82, 2.24) is 9.58 Å². The van der Waals surface area contributed by atoms with Crippen molar-refractivity contribution >= 4 is 17.7 Å². The molecule has 2 aliphatic heterocycles. The van der Waals surface area contributed by atoms with Gasteiger partial charge in [-0.25, -0.2) is 4.39 Å². The summed E-state index contributed by atoms with van der Waals surface area (Å²) in [5.74, 6) is -0.729. The molecule has 3 aromatic rings. The van der Waals surface area contributed by atoms with E-state index in [1.54, 1.807) is 11.1 Å². The van der Waals surface area contributed by atoms with E-state index >= 15 is 0 Å². The van der Waals surface area contributed by atoms with Crippen LogP contribution in [0.25, 0.3) is 0 Å². The van der Waals surface area contributed by atoms with E-state index in [1.165, 1.54) is 47.8 Å². The SMILES string of the molecule is Cc1c2n(ccc1=O)N(C1c3ccccc3CSc3cc(F)ccc31)CN([C@H](C)C(F)(F)F)C2=O. The first-order valence-corrected chi connectivity index (χ1v) is 11.9. The molecule has 0 N–H and O–H groups in total. The first-order valence-electron chi connectivity index (χ1n) is 10.9. The van der Waals surface area contributed by atoms with Crippen molar-refractivity contribution in [3.63, 3.8) is 0 Å². The molecule has 0 saturated carbocycles. The van der Waals surface area contributed by atoms with Crippen molar-refractivity contribution in [3.05, 3.63) is 98.7 Å². The van der Waals surface area contributed by atoms with Crippen LogP contribution in [0, 0.1) is 12.7 Å². The molecule has 0 bridgehead atoms. The van der Waals surface area contributed by atoms with Crippen molar-refractivity contribution in [2.75, 3.05) is 11.7 Å². The van der Waals surface area contributed by atoms with E-state index in [2.05, 4.69) is 0 Å². The molecule has 2 aliphatic rings. The van der Waals surface area contributed by atoms with Gasteiger partial charge in [-0.05, 0) is 42.7 Å². The zero-order valence-electron chi connectivity index (χ0n) is 18.8. The van der Waals surface area contributed by atoms with Crippen LogP contribution in [0.3, 0.4) is 0 Å². The Kier molecular flexibility index (Phi) is 5.66. The number of alkyl halides is 3. The second-order valence-electron chi connectivity index (χ2n) is 8.64. The lowest BCUT2D eigenvalue weighted by Gasteiger charge is -2.46. The number of pyridine rings is 1. The largest absolute Gasteiger partial charge is 0.408 e. The van der Waals surface area contributed by atoms with Crippen LogP contribution >= 0.6 is 11.8 Å². The van der Waals surface area contributed by atoms with E-state index in [-0.39, 0.29) is 17.9 Å². The Bertz CT molecular complexity index is 1390. The highest BCUT2D eigenvalue weighted by Crippen LogP contribution is 2.43. The first-order chi connectivity index (χ1) is 16.6. The van der Waals surface area contributed by atoms with Crippen molar-refractivity contribution in [3.8, 4) is 0 Å². The van der Waals surface area contributed by atoms with Gasteiger partial charge in [-0.2, -0.15) is 13.2 Å². The third kappa shape index (κ3) is 3.89. The average molecular weight is 504 g/mol. The summed E-state index contributed by atoms with van der Waals surface area (Å²) in [7, 11) is 0. The number of hydrogen-bond acceptors (Lipinski definition) is 4. The minimum absolute atomic E-state index is 0.0668. The molecule has 1 unspecified atom stereocenters. The Labute approximate surface area is 202 Å². The van der Waals surface area contributed by atoms with Crippen LogP contribution in [0.1, 0.15) is 45.7 Å². The summed E-state index contributed by atoms with van der Waals surface area (Å²) in [6.07, 6.45) is -3.24. The second-order valence-corrected chi connectivity index (χ2v) is 9.66. The molecule has 182 valence electrons. The Morgan fingerprint density at radius 1 is 1.06 bits per heavy atom. The fraction of sp³-hybridized carbons (Fsp3) is 0.280. The number of aromatic nitrogens is 1. The molecule has 1 aromatic heterocycles. The van der Waals surface area contributed by atoms with E-state index in [1.807, 2.05) is 24.3 Å². The third-order valence-corrected chi connectivity index (χ3v) is 7.72. The van der Waals surface area contributed by atoms with Gasteiger partial charge in [-0.3, -0.25) is 19.3 Å².